The summed E-state index contributed by atoms with van der Waals surface area (Å²) in [5, 5.41) is 6.84. The van der Waals surface area contributed by atoms with Crippen LogP contribution in [-0.2, 0) is 24.7 Å². The quantitative estimate of drug-likeness (QED) is 0.841. The first kappa shape index (κ1) is 14.3. The minimum Gasteiger partial charge on any atom is -0.325 e. The number of aromatic nitrogens is 2. The minimum atomic E-state index is -0.469. The standard InChI is InChI=1S/C16H18N4O2/c1-19-11-13(10-17-19)7-8-20-15(21)14(18-16(20)22)9-12-5-3-2-4-6-12/h2-6,10-11,14H,7-9H2,1H3,(H,18,22)/t14-/m1/s1. The molecular weight excluding hydrogens is 280 g/mol. The van der Waals surface area contributed by atoms with Crippen molar-refractivity contribution < 1.29 is 9.59 Å². The van der Waals surface area contributed by atoms with Gasteiger partial charge in [-0.2, -0.15) is 5.10 Å². The van der Waals surface area contributed by atoms with Crippen LogP contribution in [0.5, 0.6) is 0 Å². The topological polar surface area (TPSA) is 67.2 Å². The summed E-state index contributed by atoms with van der Waals surface area (Å²) in [5.74, 6) is -0.155. The Kier molecular flexibility index (Phi) is 3.91. The number of nitrogens with zero attached hydrogens (tertiary/aromatic N) is 3. The highest BCUT2D eigenvalue weighted by molar-refractivity contribution is 6.04. The number of urea groups is 1. The molecule has 0 aliphatic carbocycles. The third-order valence-electron chi connectivity index (χ3n) is 3.77. The predicted octanol–water partition coefficient (Wildman–Crippen LogP) is 1.13. The minimum absolute atomic E-state index is 0.155. The van der Waals surface area contributed by atoms with Crippen molar-refractivity contribution in [2.75, 3.05) is 6.54 Å². The lowest BCUT2D eigenvalue weighted by Crippen LogP contribution is -2.33. The highest BCUT2D eigenvalue weighted by Crippen LogP contribution is 2.13. The molecular formula is C16H18N4O2. The summed E-state index contributed by atoms with van der Waals surface area (Å²) in [6, 6.07) is 8.92. The summed E-state index contributed by atoms with van der Waals surface area (Å²) in [4.78, 5) is 25.6. The zero-order chi connectivity index (χ0) is 15.5. The van der Waals surface area contributed by atoms with Crippen LogP contribution in [0.3, 0.4) is 0 Å². The van der Waals surface area contributed by atoms with Crippen LogP contribution in [0.15, 0.2) is 42.7 Å². The van der Waals surface area contributed by atoms with Gasteiger partial charge in [0.05, 0.1) is 6.20 Å². The van der Waals surface area contributed by atoms with E-state index in [4.69, 9.17) is 0 Å². The normalized spacial score (nSPS) is 17.9. The first-order valence-electron chi connectivity index (χ1n) is 7.27. The highest BCUT2D eigenvalue weighted by Gasteiger charge is 2.37. The molecule has 22 heavy (non-hydrogen) atoms. The zero-order valence-electron chi connectivity index (χ0n) is 12.4. The second kappa shape index (κ2) is 6.01. The van der Waals surface area contributed by atoms with Crippen molar-refractivity contribution in [3.8, 4) is 0 Å². The molecule has 6 nitrogen and oxygen atoms in total. The Hall–Kier alpha value is -2.63. The molecule has 1 aliphatic heterocycles. The molecule has 0 radical (unpaired) electrons. The predicted molar refractivity (Wildman–Crippen MR) is 81.1 cm³/mol. The van der Waals surface area contributed by atoms with E-state index in [1.807, 2.05) is 43.6 Å². The number of amides is 3. The molecule has 1 N–H and O–H groups in total. The Balaban J connectivity index is 1.61. The number of aryl methyl sites for hydroxylation is 1. The molecule has 0 saturated carbocycles. The van der Waals surface area contributed by atoms with Crippen LogP contribution in [0.4, 0.5) is 4.79 Å². The Labute approximate surface area is 128 Å². The molecule has 1 atom stereocenters. The Morgan fingerprint density at radius 2 is 1.95 bits per heavy atom. The lowest BCUT2D eigenvalue weighted by molar-refractivity contribution is -0.127. The molecule has 1 aliphatic rings. The van der Waals surface area contributed by atoms with Gasteiger partial charge in [0.25, 0.3) is 5.91 Å². The number of rotatable bonds is 5. The van der Waals surface area contributed by atoms with Crippen molar-refractivity contribution in [3.63, 3.8) is 0 Å². The number of hydrogen-bond donors (Lipinski definition) is 1. The molecule has 1 aromatic heterocycles. The van der Waals surface area contributed by atoms with Crippen molar-refractivity contribution in [3.05, 3.63) is 53.9 Å². The Bertz CT molecular complexity index is 680. The van der Waals surface area contributed by atoms with Gasteiger partial charge in [0, 0.05) is 26.2 Å². The average molecular weight is 298 g/mol. The van der Waals surface area contributed by atoms with E-state index in [1.54, 1.807) is 10.9 Å². The molecule has 114 valence electrons. The third-order valence-corrected chi connectivity index (χ3v) is 3.77. The fourth-order valence-electron chi connectivity index (χ4n) is 2.62. The second-order valence-electron chi connectivity index (χ2n) is 5.45. The lowest BCUT2D eigenvalue weighted by atomic mass is 10.1. The third kappa shape index (κ3) is 3.00. The molecule has 0 unspecified atom stereocenters. The molecule has 3 amide bonds. The van der Waals surface area contributed by atoms with Crippen molar-refractivity contribution in [1.82, 2.24) is 20.0 Å². The van der Waals surface area contributed by atoms with Crippen LogP contribution in [0, 0.1) is 0 Å². The van der Waals surface area contributed by atoms with Crippen LogP contribution in [-0.4, -0.2) is 39.2 Å². The maximum Gasteiger partial charge on any atom is 0.324 e. The molecule has 2 heterocycles. The lowest BCUT2D eigenvalue weighted by Gasteiger charge is -2.12. The van der Waals surface area contributed by atoms with Crippen LogP contribution in [0.25, 0.3) is 0 Å². The van der Waals surface area contributed by atoms with E-state index < -0.39 is 6.04 Å². The molecule has 6 heteroatoms. The van der Waals surface area contributed by atoms with E-state index in [2.05, 4.69) is 10.4 Å². The SMILES string of the molecule is Cn1cc(CCN2C(=O)N[C@H](Cc3ccccc3)C2=O)cn1. The van der Waals surface area contributed by atoms with Gasteiger partial charge < -0.3 is 5.32 Å². The number of carbonyl (C=O) groups excluding carboxylic acids is 2. The Morgan fingerprint density at radius 1 is 1.18 bits per heavy atom. The molecule has 0 spiro atoms. The van der Waals surface area contributed by atoms with E-state index in [1.165, 1.54) is 4.90 Å². The van der Waals surface area contributed by atoms with Gasteiger partial charge >= 0.3 is 6.03 Å². The van der Waals surface area contributed by atoms with Gasteiger partial charge in [-0.05, 0) is 17.5 Å². The van der Waals surface area contributed by atoms with Crippen LogP contribution in [0.2, 0.25) is 0 Å². The zero-order valence-corrected chi connectivity index (χ0v) is 12.4. The van der Waals surface area contributed by atoms with Gasteiger partial charge in [-0.15, -0.1) is 0 Å². The van der Waals surface area contributed by atoms with E-state index >= 15 is 0 Å². The molecule has 3 rings (SSSR count). The van der Waals surface area contributed by atoms with Crippen molar-refractivity contribution >= 4 is 11.9 Å². The fraction of sp³-hybridized carbons (Fsp3) is 0.312. The van der Waals surface area contributed by atoms with Crippen LogP contribution < -0.4 is 5.32 Å². The van der Waals surface area contributed by atoms with Gasteiger partial charge in [0.15, 0.2) is 0 Å². The van der Waals surface area contributed by atoms with Crippen molar-refractivity contribution in [2.45, 2.75) is 18.9 Å². The molecule has 1 fully saturated rings. The summed E-state index contributed by atoms with van der Waals surface area (Å²) in [5.41, 5.74) is 2.05. The number of nitrogens with one attached hydrogen (secondary N) is 1. The smallest absolute Gasteiger partial charge is 0.324 e. The van der Waals surface area contributed by atoms with E-state index in [0.717, 1.165) is 11.1 Å². The summed E-state index contributed by atoms with van der Waals surface area (Å²) >= 11 is 0. The summed E-state index contributed by atoms with van der Waals surface area (Å²) in [6.07, 6.45) is 4.78. The fourth-order valence-corrected chi connectivity index (χ4v) is 2.62. The molecule has 1 saturated heterocycles. The Morgan fingerprint density at radius 3 is 2.64 bits per heavy atom. The number of benzene rings is 1. The van der Waals surface area contributed by atoms with E-state index in [0.29, 0.717) is 19.4 Å². The van der Waals surface area contributed by atoms with Gasteiger partial charge in [0.1, 0.15) is 6.04 Å². The maximum absolute atomic E-state index is 12.4. The van der Waals surface area contributed by atoms with Gasteiger partial charge in [-0.25, -0.2) is 4.79 Å². The average Bonchev–Trinajstić information content (AvgIpc) is 3.03. The number of imide groups is 1. The highest BCUT2D eigenvalue weighted by atomic mass is 16.2. The number of hydrogen-bond acceptors (Lipinski definition) is 3. The maximum atomic E-state index is 12.4. The van der Waals surface area contributed by atoms with Crippen molar-refractivity contribution in [2.24, 2.45) is 7.05 Å². The van der Waals surface area contributed by atoms with Crippen molar-refractivity contribution in [1.29, 1.82) is 0 Å². The molecule has 0 bridgehead atoms. The molecule has 2 aromatic rings. The summed E-state index contributed by atoms with van der Waals surface area (Å²) in [6.45, 7) is 0.377. The first-order valence-corrected chi connectivity index (χ1v) is 7.27. The first-order chi connectivity index (χ1) is 10.6. The summed E-state index contributed by atoms with van der Waals surface area (Å²) in [7, 11) is 1.84. The van der Waals surface area contributed by atoms with Gasteiger partial charge in [-0.1, -0.05) is 30.3 Å². The van der Waals surface area contributed by atoms with E-state index in [-0.39, 0.29) is 11.9 Å². The second-order valence-corrected chi connectivity index (χ2v) is 5.45. The van der Waals surface area contributed by atoms with E-state index in [9.17, 15) is 9.59 Å². The van der Waals surface area contributed by atoms with Crippen LogP contribution in [0.1, 0.15) is 11.1 Å². The van der Waals surface area contributed by atoms with Crippen LogP contribution >= 0.6 is 0 Å². The number of carbonyl (C=O) groups is 2. The monoisotopic (exact) mass is 298 g/mol. The van der Waals surface area contributed by atoms with Gasteiger partial charge in [0.2, 0.25) is 0 Å². The molecule has 1 aromatic carbocycles. The summed E-state index contributed by atoms with van der Waals surface area (Å²) < 4.78 is 1.71. The largest absolute Gasteiger partial charge is 0.325 e. The van der Waals surface area contributed by atoms with Gasteiger partial charge in [-0.3, -0.25) is 14.4 Å².